The summed E-state index contributed by atoms with van der Waals surface area (Å²) in [6, 6.07) is 14.7. The van der Waals surface area contributed by atoms with Gasteiger partial charge in [-0.3, -0.25) is 9.59 Å². The Kier molecular flexibility index (Phi) is 6.59. The standard InChI is InChI=1S/C19H18FN3O2/c1-14(7-8-15-5-3-2-4-6-15)22-23-18(24)13-21-19(25)16-9-11-17(20)12-10-16/h2-12H,13H2,1H3,(H,21,25)(H,23,24)/b8-7+,22-14+. The Balaban J connectivity index is 1.78. The SMILES string of the molecule is CC(/C=C/c1ccccc1)=N\NC(=O)CNC(=O)c1ccc(F)cc1. The summed E-state index contributed by atoms with van der Waals surface area (Å²) in [6.07, 6.45) is 3.65. The fraction of sp³-hybridized carbons (Fsp3) is 0.105. The van der Waals surface area contributed by atoms with Crippen LogP contribution in [0.25, 0.3) is 6.08 Å². The van der Waals surface area contributed by atoms with Gasteiger partial charge in [-0.1, -0.05) is 36.4 Å². The minimum absolute atomic E-state index is 0.227. The van der Waals surface area contributed by atoms with Crippen molar-refractivity contribution in [1.82, 2.24) is 10.7 Å². The quantitative estimate of drug-likeness (QED) is 0.627. The van der Waals surface area contributed by atoms with Crippen molar-refractivity contribution in [2.24, 2.45) is 5.10 Å². The first kappa shape index (κ1) is 18.1. The summed E-state index contributed by atoms with van der Waals surface area (Å²) in [7, 11) is 0. The zero-order chi connectivity index (χ0) is 18.1. The van der Waals surface area contributed by atoms with Gasteiger partial charge in [0, 0.05) is 5.56 Å². The van der Waals surface area contributed by atoms with E-state index in [1.165, 1.54) is 24.3 Å². The molecular weight excluding hydrogens is 321 g/mol. The van der Waals surface area contributed by atoms with Gasteiger partial charge in [-0.25, -0.2) is 9.82 Å². The van der Waals surface area contributed by atoms with Gasteiger partial charge < -0.3 is 5.32 Å². The average Bonchev–Trinajstić information content (AvgIpc) is 2.64. The van der Waals surface area contributed by atoms with Crippen molar-refractivity contribution < 1.29 is 14.0 Å². The fourth-order valence-corrected chi connectivity index (χ4v) is 1.87. The molecule has 128 valence electrons. The van der Waals surface area contributed by atoms with E-state index < -0.39 is 17.6 Å². The van der Waals surface area contributed by atoms with Crippen molar-refractivity contribution >= 4 is 23.6 Å². The molecule has 0 saturated heterocycles. The van der Waals surface area contributed by atoms with Crippen LogP contribution in [0.2, 0.25) is 0 Å². The Bertz CT molecular complexity index is 784. The number of halogens is 1. The highest BCUT2D eigenvalue weighted by Crippen LogP contribution is 2.02. The van der Waals surface area contributed by atoms with Gasteiger partial charge >= 0.3 is 0 Å². The van der Waals surface area contributed by atoms with Crippen LogP contribution in [-0.2, 0) is 4.79 Å². The second-order valence-electron chi connectivity index (χ2n) is 5.22. The smallest absolute Gasteiger partial charge is 0.259 e. The van der Waals surface area contributed by atoms with Gasteiger partial charge in [0.15, 0.2) is 0 Å². The molecule has 2 rings (SSSR count). The van der Waals surface area contributed by atoms with Gasteiger partial charge in [-0.05, 0) is 42.8 Å². The number of nitrogens with zero attached hydrogens (tertiary/aromatic N) is 1. The molecule has 0 aliphatic carbocycles. The number of hydrogen-bond acceptors (Lipinski definition) is 3. The first-order valence-corrected chi connectivity index (χ1v) is 7.64. The van der Waals surface area contributed by atoms with E-state index in [2.05, 4.69) is 15.8 Å². The van der Waals surface area contributed by atoms with Crippen molar-refractivity contribution in [3.05, 3.63) is 77.6 Å². The molecule has 2 N–H and O–H groups in total. The van der Waals surface area contributed by atoms with Gasteiger partial charge in [0.25, 0.3) is 11.8 Å². The molecule has 0 radical (unpaired) electrons. The number of hydrazone groups is 1. The summed E-state index contributed by atoms with van der Waals surface area (Å²) < 4.78 is 12.8. The first-order valence-electron chi connectivity index (χ1n) is 7.64. The summed E-state index contributed by atoms with van der Waals surface area (Å²) in [5, 5.41) is 6.37. The molecule has 0 aromatic heterocycles. The molecule has 0 aliphatic rings. The monoisotopic (exact) mass is 339 g/mol. The maximum absolute atomic E-state index is 12.8. The number of allylic oxidation sites excluding steroid dienone is 1. The van der Waals surface area contributed by atoms with Crippen molar-refractivity contribution in [3.8, 4) is 0 Å². The zero-order valence-corrected chi connectivity index (χ0v) is 13.7. The van der Waals surface area contributed by atoms with Crippen LogP contribution in [-0.4, -0.2) is 24.1 Å². The summed E-state index contributed by atoms with van der Waals surface area (Å²) in [6.45, 7) is 1.52. The molecule has 2 aromatic rings. The topological polar surface area (TPSA) is 70.6 Å². The van der Waals surface area contributed by atoms with Gasteiger partial charge in [-0.15, -0.1) is 0 Å². The molecule has 2 amide bonds. The molecule has 25 heavy (non-hydrogen) atoms. The Morgan fingerprint density at radius 1 is 1.08 bits per heavy atom. The largest absolute Gasteiger partial charge is 0.343 e. The van der Waals surface area contributed by atoms with Crippen LogP contribution in [0, 0.1) is 5.82 Å². The predicted octanol–water partition coefficient (Wildman–Crippen LogP) is 2.76. The van der Waals surface area contributed by atoms with Gasteiger partial charge in [0.05, 0.1) is 12.3 Å². The lowest BCUT2D eigenvalue weighted by Crippen LogP contribution is -2.35. The number of carbonyl (C=O) groups is 2. The minimum atomic E-state index is -0.458. The Morgan fingerprint density at radius 3 is 2.44 bits per heavy atom. The maximum atomic E-state index is 12.8. The normalized spacial score (nSPS) is 11.4. The number of nitrogens with one attached hydrogen (secondary N) is 2. The van der Waals surface area contributed by atoms with Crippen LogP contribution < -0.4 is 10.7 Å². The van der Waals surface area contributed by atoms with Crippen LogP contribution in [0.4, 0.5) is 4.39 Å². The van der Waals surface area contributed by atoms with E-state index >= 15 is 0 Å². The Labute approximate surface area is 145 Å². The molecule has 6 heteroatoms. The third-order valence-corrected chi connectivity index (χ3v) is 3.19. The Hall–Kier alpha value is -3.28. The molecule has 5 nitrogen and oxygen atoms in total. The maximum Gasteiger partial charge on any atom is 0.259 e. The number of rotatable bonds is 6. The lowest BCUT2D eigenvalue weighted by Gasteiger charge is -2.04. The molecule has 0 bridgehead atoms. The van der Waals surface area contributed by atoms with Crippen molar-refractivity contribution in [2.75, 3.05) is 6.54 Å². The molecule has 0 spiro atoms. The molecular formula is C19H18FN3O2. The van der Waals surface area contributed by atoms with Gasteiger partial charge in [-0.2, -0.15) is 5.10 Å². The summed E-state index contributed by atoms with van der Waals surface area (Å²) in [5.74, 6) is -1.34. The number of amides is 2. The molecule has 0 saturated carbocycles. The highest BCUT2D eigenvalue weighted by Gasteiger charge is 2.07. The van der Waals surface area contributed by atoms with E-state index in [9.17, 15) is 14.0 Å². The van der Waals surface area contributed by atoms with Crippen LogP contribution in [0.3, 0.4) is 0 Å². The molecule has 0 unspecified atom stereocenters. The van der Waals surface area contributed by atoms with Gasteiger partial charge in [0.2, 0.25) is 0 Å². The minimum Gasteiger partial charge on any atom is -0.343 e. The fourth-order valence-electron chi connectivity index (χ4n) is 1.87. The van der Waals surface area contributed by atoms with E-state index in [0.29, 0.717) is 5.71 Å². The zero-order valence-electron chi connectivity index (χ0n) is 13.7. The van der Waals surface area contributed by atoms with Crippen molar-refractivity contribution in [2.45, 2.75) is 6.92 Å². The third-order valence-electron chi connectivity index (χ3n) is 3.19. The highest BCUT2D eigenvalue weighted by atomic mass is 19.1. The molecule has 0 aliphatic heterocycles. The highest BCUT2D eigenvalue weighted by molar-refractivity contribution is 5.98. The number of hydrogen-bond donors (Lipinski definition) is 2. The summed E-state index contributed by atoms with van der Waals surface area (Å²) >= 11 is 0. The number of carbonyl (C=O) groups excluding carboxylic acids is 2. The number of benzene rings is 2. The summed E-state index contributed by atoms with van der Waals surface area (Å²) in [4.78, 5) is 23.5. The van der Waals surface area contributed by atoms with E-state index in [1.54, 1.807) is 13.0 Å². The second kappa shape index (κ2) is 9.12. The van der Waals surface area contributed by atoms with E-state index in [4.69, 9.17) is 0 Å². The van der Waals surface area contributed by atoms with E-state index in [1.807, 2.05) is 36.4 Å². The molecule has 2 aromatic carbocycles. The lowest BCUT2D eigenvalue weighted by molar-refractivity contribution is -0.120. The van der Waals surface area contributed by atoms with E-state index in [0.717, 1.165) is 5.56 Å². The third kappa shape index (κ3) is 6.39. The Morgan fingerprint density at radius 2 is 1.76 bits per heavy atom. The second-order valence-corrected chi connectivity index (χ2v) is 5.22. The summed E-state index contributed by atoms with van der Waals surface area (Å²) in [5.41, 5.74) is 4.27. The van der Waals surface area contributed by atoms with Crippen LogP contribution in [0.15, 0.2) is 65.8 Å². The van der Waals surface area contributed by atoms with E-state index in [-0.39, 0.29) is 12.1 Å². The van der Waals surface area contributed by atoms with Crippen LogP contribution >= 0.6 is 0 Å². The van der Waals surface area contributed by atoms with Crippen molar-refractivity contribution in [3.63, 3.8) is 0 Å². The van der Waals surface area contributed by atoms with Crippen molar-refractivity contribution in [1.29, 1.82) is 0 Å². The van der Waals surface area contributed by atoms with Crippen LogP contribution in [0.1, 0.15) is 22.8 Å². The molecule has 0 heterocycles. The lowest BCUT2D eigenvalue weighted by atomic mass is 10.2. The average molecular weight is 339 g/mol. The molecule has 0 atom stereocenters. The predicted molar refractivity (Wildman–Crippen MR) is 95.5 cm³/mol. The first-order chi connectivity index (χ1) is 12.0. The van der Waals surface area contributed by atoms with Gasteiger partial charge in [0.1, 0.15) is 5.82 Å². The molecule has 0 fully saturated rings. The van der Waals surface area contributed by atoms with Crippen LogP contribution in [0.5, 0.6) is 0 Å².